The summed E-state index contributed by atoms with van der Waals surface area (Å²) < 4.78 is 34.4. The number of rotatable bonds is 7. The Labute approximate surface area is 189 Å². The van der Waals surface area contributed by atoms with E-state index in [9.17, 15) is 8.42 Å². The second-order valence-corrected chi connectivity index (χ2v) is 11.2. The van der Waals surface area contributed by atoms with Gasteiger partial charge in [0.1, 0.15) is 10.6 Å². The van der Waals surface area contributed by atoms with Crippen LogP contribution in [0.25, 0.3) is 10.4 Å². The van der Waals surface area contributed by atoms with Crippen molar-refractivity contribution in [2.24, 2.45) is 0 Å². The van der Waals surface area contributed by atoms with Crippen molar-refractivity contribution in [2.75, 3.05) is 32.1 Å². The minimum atomic E-state index is -3.70. The molecule has 4 rings (SSSR count). The van der Waals surface area contributed by atoms with E-state index >= 15 is 0 Å². The molecule has 0 bridgehead atoms. The maximum absolute atomic E-state index is 13.1. The zero-order valence-electron chi connectivity index (χ0n) is 18.5. The average molecular weight is 465 g/mol. The minimum Gasteiger partial charge on any atom is -0.495 e. The Hall–Kier alpha value is -1.68. The largest absolute Gasteiger partial charge is 0.495 e. The molecule has 2 N–H and O–H groups in total. The van der Waals surface area contributed by atoms with Crippen molar-refractivity contribution < 1.29 is 13.2 Å². The Balaban J connectivity index is 1.64. The summed E-state index contributed by atoms with van der Waals surface area (Å²) in [6, 6.07) is 5.80. The highest BCUT2D eigenvalue weighted by molar-refractivity contribution is 7.89. The molecule has 1 aliphatic heterocycles. The highest BCUT2D eigenvalue weighted by Crippen LogP contribution is 2.39. The van der Waals surface area contributed by atoms with E-state index in [0.717, 1.165) is 34.2 Å². The molecule has 1 saturated carbocycles. The number of nitrogens with zero attached hydrogens (tertiary/aromatic N) is 2. The standard InChI is InChI=1S/C22H32N4O3S2/c1-15-21(30-22(24-15)26(2)18-7-5-4-6-8-18)16-9-10-19(29-3)20(13-16)31(27,28)25-17-11-12-23-14-17/h9-10,13,17-18,23,25H,4-8,11-12,14H2,1-3H3/t17-/m0/s1. The molecule has 1 atom stereocenters. The Morgan fingerprint density at radius 2 is 2.00 bits per heavy atom. The molecule has 2 aromatic rings. The topological polar surface area (TPSA) is 83.6 Å². The molecule has 9 heteroatoms. The van der Waals surface area contributed by atoms with Gasteiger partial charge in [0.25, 0.3) is 0 Å². The lowest BCUT2D eigenvalue weighted by molar-refractivity contribution is 0.402. The van der Waals surface area contributed by atoms with Crippen molar-refractivity contribution in [1.82, 2.24) is 15.0 Å². The summed E-state index contributed by atoms with van der Waals surface area (Å²) in [5.41, 5.74) is 1.77. The Kier molecular flexibility index (Phi) is 6.86. The molecule has 1 aromatic heterocycles. The van der Waals surface area contributed by atoms with Crippen LogP contribution in [0.4, 0.5) is 5.13 Å². The van der Waals surface area contributed by atoms with Crippen LogP contribution in [-0.4, -0.2) is 52.7 Å². The van der Waals surface area contributed by atoms with E-state index < -0.39 is 10.0 Å². The van der Waals surface area contributed by atoms with Crippen molar-refractivity contribution >= 4 is 26.5 Å². The van der Waals surface area contributed by atoms with Gasteiger partial charge in [0.05, 0.1) is 17.7 Å². The molecule has 7 nitrogen and oxygen atoms in total. The van der Waals surface area contributed by atoms with Crippen LogP contribution in [0.2, 0.25) is 0 Å². The second kappa shape index (κ2) is 9.44. The van der Waals surface area contributed by atoms with Gasteiger partial charge in [0.2, 0.25) is 10.0 Å². The molecule has 2 fully saturated rings. The maximum atomic E-state index is 13.1. The van der Waals surface area contributed by atoms with Crippen molar-refractivity contribution in [2.45, 2.75) is 62.4 Å². The van der Waals surface area contributed by atoms with Crippen LogP contribution < -0.4 is 19.7 Å². The van der Waals surface area contributed by atoms with E-state index in [0.29, 0.717) is 18.3 Å². The van der Waals surface area contributed by atoms with Crippen LogP contribution in [0.15, 0.2) is 23.1 Å². The number of hydrogen-bond acceptors (Lipinski definition) is 7. The summed E-state index contributed by atoms with van der Waals surface area (Å²) in [5, 5.41) is 4.19. The van der Waals surface area contributed by atoms with E-state index in [2.05, 4.69) is 22.0 Å². The summed E-state index contributed by atoms with van der Waals surface area (Å²) in [4.78, 5) is 8.30. The number of anilines is 1. The summed E-state index contributed by atoms with van der Waals surface area (Å²) in [6.45, 7) is 3.46. The summed E-state index contributed by atoms with van der Waals surface area (Å²) in [6.07, 6.45) is 7.06. The number of hydrogen-bond donors (Lipinski definition) is 2. The maximum Gasteiger partial charge on any atom is 0.244 e. The third-order valence-electron chi connectivity index (χ3n) is 6.31. The van der Waals surface area contributed by atoms with Gasteiger partial charge in [-0.05, 0) is 56.5 Å². The number of nitrogens with one attached hydrogen (secondary N) is 2. The molecule has 0 spiro atoms. The third-order valence-corrected chi connectivity index (χ3v) is 9.15. The van der Waals surface area contributed by atoms with Crippen molar-refractivity contribution in [3.63, 3.8) is 0 Å². The Morgan fingerprint density at radius 3 is 2.68 bits per heavy atom. The van der Waals surface area contributed by atoms with E-state index in [-0.39, 0.29) is 10.9 Å². The lowest BCUT2D eigenvalue weighted by Crippen LogP contribution is -2.36. The zero-order chi connectivity index (χ0) is 22.0. The van der Waals surface area contributed by atoms with Gasteiger partial charge in [-0.3, -0.25) is 0 Å². The first-order chi connectivity index (χ1) is 14.9. The molecule has 0 unspecified atom stereocenters. The lowest BCUT2D eigenvalue weighted by Gasteiger charge is -2.30. The SMILES string of the molecule is COc1ccc(-c2sc(N(C)C3CCCCC3)nc2C)cc1S(=O)(=O)N[C@H]1CCNC1. The van der Waals surface area contributed by atoms with Crippen LogP contribution in [-0.2, 0) is 10.0 Å². The Morgan fingerprint density at radius 1 is 1.23 bits per heavy atom. The highest BCUT2D eigenvalue weighted by atomic mass is 32.2. The van der Waals surface area contributed by atoms with E-state index in [1.807, 2.05) is 13.0 Å². The fourth-order valence-corrected chi connectivity index (χ4v) is 7.05. The number of methoxy groups -OCH3 is 1. The van der Waals surface area contributed by atoms with Gasteiger partial charge < -0.3 is 15.0 Å². The fraction of sp³-hybridized carbons (Fsp3) is 0.591. The van der Waals surface area contributed by atoms with E-state index in [4.69, 9.17) is 9.72 Å². The highest BCUT2D eigenvalue weighted by Gasteiger charge is 2.27. The molecule has 2 heterocycles. The Bertz CT molecular complexity index is 1010. The normalized spacial score (nSPS) is 20.2. The molecule has 2 aliphatic rings. The lowest BCUT2D eigenvalue weighted by atomic mass is 9.95. The number of aryl methyl sites for hydroxylation is 1. The van der Waals surface area contributed by atoms with Gasteiger partial charge in [-0.1, -0.05) is 30.6 Å². The summed E-state index contributed by atoms with van der Waals surface area (Å²) >= 11 is 1.63. The minimum absolute atomic E-state index is 0.0979. The number of sulfonamides is 1. The molecule has 1 aromatic carbocycles. The molecular weight excluding hydrogens is 432 g/mol. The second-order valence-electron chi connectivity index (χ2n) is 8.49. The van der Waals surface area contributed by atoms with Crippen LogP contribution in [0.5, 0.6) is 5.75 Å². The van der Waals surface area contributed by atoms with Crippen molar-refractivity contribution in [1.29, 1.82) is 0 Å². The molecular formula is C22H32N4O3S2. The van der Waals surface area contributed by atoms with Gasteiger partial charge in [0.15, 0.2) is 5.13 Å². The molecule has 1 aliphatic carbocycles. The van der Waals surface area contributed by atoms with Gasteiger partial charge in [-0.2, -0.15) is 0 Å². The van der Waals surface area contributed by atoms with Gasteiger partial charge in [0, 0.05) is 25.7 Å². The first-order valence-electron chi connectivity index (χ1n) is 11.0. The number of ether oxygens (including phenoxy) is 1. The zero-order valence-corrected chi connectivity index (χ0v) is 20.1. The quantitative estimate of drug-likeness (QED) is 0.652. The fourth-order valence-electron chi connectivity index (χ4n) is 4.49. The third kappa shape index (κ3) is 4.89. The monoisotopic (exact) mass is 464 g/mol. The first-order valence-corrected chi connectivity index (χ1v) is 13.3. The van der Waals surface area contributed by atoms with Crippen molar-refractivity contribution in [3.8, 4) is 16.2 Å². The number of benzene rings is 1. The molecule has 0 amide bonds. The molecule has 170 valence electrons. The smallest absolute Gasteiger partial charge is 0.244 e. The molecule has 0 radical (unpaired) electrons. The summed E-state index contributed by atoms with van der Waals surface area (Å²) in [5.74, 6) is 0.351. The van der Waals surface area contributed by atoms with Crippen LogP contribution in [0.1, 0.15) is 44.2 Å². The van der Waals surface area contributed by atoms with E-state index in [1.54, 1.807) is 23.5 Å². The van der Waals surface area contributed by atoms with Gasteiger partial charge >= 0.3 is 0 Å². The molecule has 1 saturated heterocycles. The predicted molar refractivity (Wildman–Crippen MR) is 126 cm³/mol. The van der Waals surface area contributed by atoms with Gasteiger partial charge in [-0.25, -0.2) is 18.1 Å². The number of aromatic nitrogens is 1. The van der Waals surface area contributed by atoms with Crippen LogP contribution in [0, 0.1) is 6.92 Å². The predicted octanol–water partition coefficient (Wildman–Crippen LogP) is 3.54. The van der Waals surface area contributed by atoms with Gasteiger partial charge in [-0.15, -0.1) is 0 Å². The summed E-state index contributed by atoms with van der Waals surface area (Å²) in [7, 11) is -0.0708. The van der Waals surface area contributed by atoms with Crippen LogP contribution >= 0.6 is 11.3 Å². The first kappa shape index (κ1) is 22.5. The van der Waals surface area contributed by atoms with Crippen molar-refractivity contribution in [3.05, 3.63) is 23.9 Å². The average Bonchev–Trinajstić information content (AvgIpc) is 3.42. The van der Waals surface area contributed by atoms with Crippen LogP contribution in [0.3, 0.4) is 0 Å². The molecule has 31 heavy (non-hydrogen) atoms. The number of thiazole rings is 1. The van der Waals surface area contributed by atoms with E-state index in [1.165, 1.54) is 39.2 Å².